The highest BCUT2D eigenvalue weighted by Gasteiger charge is 2.07. The molecule has 0 unspecified atom stereocenters. The number of carbonyl (C=O) groups excluding carboxylic acids is 2. The number of amides is 1. The Labute approximate surface area is 79.9 Å². The van der Waals surface area contributed by atoms with E-state index in [-0.39, 0.29) is 18.1 Å². The molecule has 0 atom stereocenters. The highest BCUT2D eigenvalue weighted by molar-refractivity contribution is 5.97. The summed E-state index contributed by atoms with van der Waals surface area (Å²) >= 11 is 0. The molecule has 3 nitrogen and oxygen atoms in total. The lowest BCUT2D eigenvalue weighted by Crippen LogP contribution is -2.26. The van der Waals surface area contributed by atoms with Crippen LogP contribution in [0, 0.1) is 0 Å². The van der Waals surface area contributed by atoms with Crippen LogP contribution in [-0.4, -0.2) is 18.2 Å². The van der Waals surface area contributed by atoms with Crippen molar-refractivity contribution < 1.29 is 9.59 Å². The van der Waals surface area contributed by atoms with Crippen LogP contribution in [0.3, 0.4) is 0 Å². The van der Waals surface area contributed by atoms with Crippen LogP contribution in [0.5, 0.6) is 0 Å². The molecule has 0 aliphatic heterocycles. The molecule has 0 aliphatic rings. The number of nitrogens with one attached hydrogen (secondary N) is 1. The van der Waals surface area contributed by atoms with Crippen LogP contribution in [0.4, 0.5) is 0 Å². The van der Waals surface area contributed by atoms with E-state index in [9.17, 15) is 9.59 Å². The fraction of sp³-hybridized carbons (Fsp3) is 0.800. The van der Waals surface area contributed by atoms with E-state index in [1.165, 1.54) is 0 Å². The Morgan fingerprint density at radius 1 is 1.15 bits per heavy atom. The lowest BCUT2D eigenvalue weighted by atomic mass is 10.1. The molecular formula is C10H19NO2. The van der Waals surface area contributed by atoms with Crippen molar-refractivity contribution in [3.63, 3.8) is 0 Å². The molecule has 0 aromatic heterocycles. The molecule has 0 saturated heterocycles. The van der Waals surface area contributed by atoms with Crippen molar-refractivity contribution in [2.24, 2.45) is 0 Å². The molecule has 0 rings (SSSR count). The van der Waals surface area contributed by atoms with E-state index < -0.39 is 0 Å². The van der Waals surface area contributed by atoms with Gasteiger partial charge in [-0.15, -0.1) is 0 Å². The second kappa shape index (κ2) is 7.77. The predicted octanol–water partition coefficient (Wildman–Crippen LogP) is 1.66. The maximum atomic E-state index is 11.1. The third kappa shape index (κ3) is 7.50. The summed E-state index contributed by atoms with van der Waals surface area (Å²) in [7, 11) is 0. The van der Waals surface area contributed by atoms with Crippen molar-refractivity contribution >= 4 is 11.7 Å². The molecule has 1 N–H and O–H groups in total. The monoisotopic (exact) mass is 185 g/mol. The second-order valence-corrected chi connectivity index (χ2v) is 3.17. The van der Waals surface area contributed by atoms with Crippen LogP contribution in [0.2, 0.25) is 0 Å². The summed E-state index contributed by atoms with van der Waals surface area (Å²) in [6.45, 7) is 4.68. The van der Waals surface area contributed by atoms with Gasteiger partial charge in [0, 0.05) is 13.0 Å². The van der Waals surface area contributed by atoms with Gasteiger partial charge in [0.2, 0.25) is 5.91 Å². The second-order valence-electron chi connectivity index (χ2n) is 3.17. The molecule has 0 aromatic carbocycles. The number of hydrogen-bond acceptors (Lipinski definition) is 2. The third-order valence-electron chi connectivity index (χ3n) is 1.74. The SMILES string of the molecule is CCCCC(=O)CC(=O)NCCC. The lowest BCUT2D eigenvalue weighted by Gasteiger charge is -2.01. The molecule has 0 saturated carbocycles. The molecule has 1 amide bonds. The van der Waals surface area contributed by atoms with Crippen molar-refractivity contribution in [2.75, 3.05) is 6.54 Å². The van der Waals surface area contributed by atoms with Gasteiger partial charge in [0.25, 0.3) is 0 Å². The minimum atomic E-state index is -0.136. The summed E-state index contributed by atoms with van der Waals surface area (Å²) in [5.41, 5.74) is 0. The summed E-state index contributed by atoms with van der Waals surface area (Å²) in [6.07, 6.45) is 3.40. The Morgan fingerprint density at radius 2 is 1.85 bits per heavy atom. The first-order chi connectivity index (χ1) is 6.20. The Hall–Kier alpha value is -0.860. The van der Waals surface area contributed by atoms with Gasteiger partial charge in [0.05, 0.1) is 6.42 Å². The number of Topliss-reactive ketones (excluding diaryl/α,β-unsaturated/α-hetero) is 1. The van der Waals surface area contributed by atoms with Crippen LogP contribution in [0.25, 0.3) is 0 Å². The molecule has 13 heavy (non-hydrogen) atoms. The van der Waals surface area contributed by atoms with E-state index in [1.54, 1.807) is 0 Å². The highest BCUT2D eigenvalue weighted by atomic mass is 16.2. The van der Waals surface area contributed by atoms with Gasteiger partial charge in [-0.25, -0.2) is 0 Å². The summed E-state index contributed by atoms with van der Waals surface area (Å²) in [6, 6.07) is 0. The van der Waals surface area contributed by atoms with Gasteiger partial charge in [-0.2, -0.15) is 0 Å². The zero-order chi connectivity index (χ0) is 10.1. The summed E-state index contributed by atoms with van der Waals surface area (Å²) in [5, 5.41) is 2.68. The first-order valence-corrected chi connectivity index (χ1v) is 4.99. The van der Waals surface area contributed by atoms with Crippen molar-refractivity contribution in [1.29, 1.82) is 0 Å². The minimum Gasteiger partial charge on any atom is -0.356 e. The molecule has 0 bridgehead atoms. The zero-order valence-corrected chi connectivity index (χ0v) is 8.56. The topological polar surface area (TPSA) is 46.2 Å². The molecular weight excluding hydrogens is 166 g/mol. The van der Waals surface area contributed by atoms with E-state index in [0.717, 1.165) is 19.3 Å². The van der Waals surface area contributed by atoms with Crippen molar-refractivity contribution in [2.45, 2.75) is 46.0 Å². The van der Waals surface area contributed by atoms with Gasteiger partial charge >= 0.3 is 0 Å². The number of ketones is 1. The van der Waals surface area contributed by atoms with Gasteiger partial charge in [-0.05, 0) is 12.8 Å². The molecule has 76 valence electrons. The first kappa shape index (κ1) is 12.1. The van der Waals surface area contributed by atoms with E-state index in [4.69, 9.17) is 0 Å². The quantitative estimate of drug-likeness (QED) is 0.613. The van der Waals surface area contributed by atoms with E-state index in [2.05, 4.69) is 5.32 Å². The van der Waals surface area contributed by atoms with E-state index >= 15 is 0 Å². The van der Waals surface area contributed by atoms with Gasteiger partial charge in [-0.3, -0.25) is 9.59 Å². The van der Waals surface area contributed by atoms with Gasteiger partial charge in [0.15, 0.2) is 0 Å². The van der Waals surface area contributed by atoms with E-state index in [0.29, 0.717) is 13.0 Å². The molecule has 3 heteroatoms. The predicted molar refractivity (Wildman–Crippen MR) is 52.4 cm³/mol. The number of unbranched alkanes of at least 4 members (excludes halogenated alkanes) is 1. The Morgan fingerprint density at radius 3 is 2.38 bits per heavy atom. The Kier molecular flexibility index (Phi) is 7.26. The fourth-order valence-electron chi connectivity index (χ4n) is 0.968. The fourth-order valence-corrected chi connectivity index (χ4v) is 0.968. The molecule has 0 aliphatic carbocycles. The van der Waals surface area contributed by atoms with Crippen LogP contribution >= 0.6 is 0 Å². The zero-order valence-electron chi connectivity index (χ0n) is 8.56. The lowest BCUT2D eigenvalue weighted by molar-refractivity contribution is -0.128. The summed E-state index contributed by atoms with van der Waals surface area (Å²) in [4.78, 5) is 22.2. The standard InChI is InChI=1S/C10H19NO2/c1-3-5-6-9(12)8-10(13)11-7-4-2/h3-8H2,1-2H3,(H,11,13). The summed E-state index contributed by atoms with van der Waals surface area (Å²) in [5.74, 6) is -0.0848. The van der Waals surface area contributed by atoms with Crippen molar-refractivity contribution in [3.8, 4) is 0 Å². The largest absolute Gasteiger partial charge is 0.356 e. The Balaban J connectivity index is 3.47. The summed E-state index contributed by atoms with van der Waals surface area (Å²) < 4.78 is 0. The van der Waals surface area contributed by atoms with Crippen LogP contribution < -0.4 is 5.32 Å². The highest BCUT2D eigenvalue weighted by Crippen LogP contribution is 1.98. The smallest absolute Gasteiger partial charge is 0.227 e. The molecule has 0 fully saturated rings. The van der Waals surface area contributed by atoms with Crippen LogP contribution in [-0.2, 0) is 9.59 Å². The number of hydrogen-bond donors (Lipinski definition) is 1. The molecule has 0 aromatic rings. The van der Waals surface area contributed by atoms with Crippen LogP contribution in [0.1, 0.15) is 46.0 Å². The number of carbonyl (C=O) groups is 2. The maximum absolute atomic E-state index is 11.1. The van der Waals surface area contributed by atoms with Crippen LogP contribution in [0.15, 0.2) is 0 Å². The Bertz CT molecular complexity index is 148. The molecule has 0 radical (unpaired) electrons. The third-order valence-corrected chi connectivity index (χ3v) is 1.74. The molecule has 0 heterocycles. The van der Waals surface area contributed by atoms with Crippen molar-refractivity contribution in [3.05, 3.63) is 0 Å². The van der Waals surface area contributed by atoms with Gasteiger partial charge in [-0.1, -0.05) is 20.3 Å². The van der Waals surface area contributed by atoms with E-state index in [1.807, 2.05) is 13.8 Å². The average molecular weight is 185 g/mol. The van der Waals surface area contributed by atoms with Gasteiger partial charge in [0.1, 0.15) is 5.78 Å². The van der Waals surface area contributed by atoms with Gasteiger partial charge < -0.3 is 5.32 Å². The first-order valence-electron chi connectivity index (χ1n) is 4.99. The molecule has 0 spiro atoms. The van der Waals surface area contributed by atoms with Crippen molar-refractivity contribution in [1.82, 2.24) is 5.32 Å². The number of rotatable bonds is 7. The average Bonchev–Trinajstić information content (AvgIpc) is 2.11. The minimum absolute atomic E-state index is 0.0513. The normalized spacial score (nSPS) is 9.69. The maximum Gasteiger partial charge on any atom is 0.227 e.